The number of aromatic nitrogens is 2. The van der Waals surface area contributed by atoms with Crippen LogP contribution in [0.5, 0.6) is 5.75 Å². The predicted molar refractivity (Wildman–Crippen MR) is 131 cm³/mol. The van der Waals surface area contributed by atoms with Crippen LogP contribution in [0.3, 0.4) is 0 Å². The average molecular weight is 511 g/mol. The molecule has 6 nitrogen and oxygen atoms in total. The number of methoxy groups -OCH3 is 1. The van der Waals surface area contributed by atoms with Gasteiger partial charge in [0, 0.05) is 30.6 Å². The first-order valence-electron chi connectivity index (χ1n) is 11.0. The van der Waals surface area contributed by atoms with E-state index in [1.54, 1.807) is 30.3 Å². The molecule has 0 aliphatic rings. The minimum absolute atomic E-state index is 0.135. The van der Waals surface area contributed by atoms with Crippen molar-refractivity contribution in [2.75, 3.05) is 12.8 Å². The second-order valence-electron chi connectivity index (χ2n) is 8.28. The lowest BCUT2D eigenvalue weighted by atomic mass is 9.98. The molecular formula is C27H21F4N3O3. The van der Waals surface area contributed by atoms with Crippen molar-refractivity contribution in [1.29, 1.82) is 0 Å². The number of rotatable bonds is 7. The van der Waals surface area contributed by atoms with Crippen molar-refractivity contribution in [1.82, 2.24) is 9.55 Å². The largest absolute Gasteiger partial charge is 0.496 e. The van der Waals surface area contributed by atoms with E-state index in [2.05, 4.69) is 4.98 Å². The number of nitrogens with two attached hydrogens (primary N) is 1. The van der Waals surface area contributed by atoms with Crippen LogP contribution in [0.1, 0.15) is 15.9 Å². The zero-order valence-corrected chi connectivity index (χ0v) is 19.6. The van der Waals surface area contributed by atoms with Gasteiger partial charge in [-0.2, -0.15) is 13.2 Å². The van der Waals surface area contributed by atoms with Crippen molar-refractivity contribution in [3.05, 3.63) is 100 Å². The van der Waals surface area contributed by atoms with Crippen molar-refractivity contribution < 1.29 is 27.1 Å². The van der Waals surface area contributed by atoms with Crippen LogP contribution in [0.25, 0.3) is 22.3 Å². The molecule has 0 atom stereocenters. The molecule has 0 radical (unpaired) electrons. The standard InChI is InChI=1S/C27H21F4N3O3/c1-37-23-10-11-33-26(32)24(23)18-4-2-16(3-5-18)12-22(35)21-14-34(15-27(29,30)31)13-20(25(21)36)17-6-8-19(28)9-7-17/h2-11,13-14H,12,15H2,1H3,(H2,32,33). The quantitative estimate of drug-likeness (QED) is 0.269. The molecule has 0 saturated carbocycles. The molecule has 0 spiro atoms. The van der Waals surface area contributed by atoms with Crippen LogP contribution in [0.2, 0.25) is 0 Å². The number of anilines is 1. The van der Waals surface area contributed by atoms with Crippen LogP contribution >= 0.6 is 0 Å². The van der Waals surface area contributed by atoms with E-state index < -0.39 is 35.3 Å². The molecular weight excluding hydrogens is 490 g/mol. The Morgan fingerprint density at radius 3 is 2.27 bits per heavy atom. The zero-order valence-electron chi connectivity index (χ0n) is 19.6. The Balaban J connectivity index is 1.68. The van der Waals surface area contributed by atoms with Gasteiger partial charge >= 0.3 is 6.18 Å². The summed E-state index contributed by atoms with van der Waals surface area (Å²) in [7, 11) is 1.50. The summed E-state index contributed by atoms with van der Waals surface area (Å²) in [4.78, 5) is 30.3. The molecule has 10 heteroatoms. The molecule has 0 aliphatic heterocycles. The first-order valence-corrected chi connectivity index (χ1v) is 11.0. The normalized spacial score (nSPS) is 11.4. The molecule has 2 N–H and O–H groups in total. The maximum absolute atomic E-state index is 13.4. The van der Waals surface area contributed by atoms with E-state index in [1.807, 2.05) is 0 Å². The molecule has 2 heterocycles. The number of ketones is 1. The van der Waals surface area contributed by atoms with Crippen molar-refractivity contribution in [3.63, 3.8) is 0 Å². The molecule has 0 aliphatic carbocycles. The van der Waals surface area contributed by atoms with Crippen LogP contribution in [0.4, 0.5) is 23.4 Å². The number of nitrogens with zero attached hydrogens (tertiary/aromatic N) is 2. The number of benzene rings is 2. The summed E-state index contributed by atoms with van der Waals surface area (Å²) in [6, 6.07) is 13.1. The average Bonchev–Trinajstić information content (AvgIpc) is 2.85. The SMILES string of the molecule is COc1ccnc(N)c1-c1ccc(CC(=O)c2cn(CC(F)(F)F)cc(-c3ccc(F)cc3)c2=O)cc1. The highest BCUT2D eigenvalue weighted by atomic mass is 19.4. The fourth-order valence-corrected chi connectivity index (χ4v) is 3.95. The lowest BCUT2D eigenvalue weighted by Crippen LogP contribution is -2.24. The Kier molecular flexibility index (Phi) is 7.10. The number of nitrogen functional groups attached to an aromatic ring is 1. The molecule has 190 valence electrons. The maximum atomic E-state index is 13.4. The van der Waals surface area contributed by atoms with Gasteiger partial charge in [-0.25, -0.2) is 9.37 Å². The molecule has 4 rings (SSSR count). The lowest BCUT2D eigenvalue weighted by Gasteiger charge is -2.14. The third kappa shape index (κ3) is 5.85. The summed E-state index contributed by atoms with van der Waals surface area (Å²) < 4.78 is 58.8. The van der Waals surface area contributed by atoms with Gasteiger partial charge < -0.3 is 15.0 Å². The lowest BCUT2D eigenvalue weighted by molar-refractivity contribution is -0.140. The van der Waals surface area contributed by atoms with Gasteiger partial charge in [-0.1, -0.05) is 36.4 Å². The Bertz CT molecular complexity index is 1500. The highest BCUT2D eigenvalue weighted by Gasteiger charge is 2.28. The van der Waals surface area contributed by atoms with Crippen LogP contribution < -0.4 is 15.9 Å². The van der Waals surface area contributed by atoms with Crippen molar-refractivity contribution in [2.45, 2.75) is 19.1 Å². The van der Waals surface area contributed by atoms with Crippen LogP contribution in [0.15, 0.2) is 78.0 Å². The fraction of sp³-hybridized carbons (Fsp3) is 0.148. The zero-order chi connectivity index (χ0) is 26.7. The number of ether oxygens (including phenoxy) is 1. The first kappa shape index (κ1) is 25.6. The van der Waals surface area contributed by atoms with Gasteiger partial charge in [-0.15, -0.1) is 0 Å². The van der Waals surface area contributed by atoms with Crippen molar-refractivity contribution >= 4 is 11.6 Å². The fourth-order valence-electron chi connectivity index (χ4n) is 3.95. The highest BCUT2D eigenvalue weighted by Crippen LogP contribution is 2.33. The van der Waals surface area contributed by atoms with E-state index >= 15 is 0 Å². The Morgan fingerprint density at radius 2 is 1.65 bits per heavy atom. The van der Waals surface area contributed by atoms with E-state index in [1.165, 1.54) is 25.4 Å². The van der Waals surface area contributed by atoms with Gasteiger partial charge in [0.05, 0.1) is 18.2 Å². The minimum atomic E-state index is -4.58. The maximum Gasteiger partial charge on any atom is 0.406 e. The van der Waals surface area contributed by atoms with E-state index in [-0.39, 0.29) is 23.4 Å². The topological polar surface area (TPSA) is 87.2 Å². The number of hydrogen-bond donors (Lipinski definition) is 1. The van der Waals surface area contributed by atoms with E-state index in [0.717, 1.165) is 29.1 Å². The molecule has 0 amide bonds. The van der Waals surface area contributed by atoms with Gasteiger partial charge in [0.1, 0.15) is 23.9 Å². The molecule has 0 saturated heterocycles. The summed E-state index contributed by atoms with van der Waals surface area (Å²) in [5.41, 5.74) is 6.71. The summed E-state index contributed by atoms with van der Waals surface area (Å²) in [5.74, 6) is -0.457. The summed E-state index contributed by atoms with van der Waals surface area (Å²) in [6.07, 6.45) is -1.38. The Labute approximate surface area is 209 Å². The second-order valence-corrected chi connectivity index (χ2v) is 8.28. The second kappa shape index (κ2) is 10.3. The number of Topliss-reactive ketones (excluding diaryl/α,β-unsaturated/α-hetero) is 1. The van der Waals surface area contributed by atoms with Gasteiger partial charge in [0.25, 0.3) is 0 Å². The summed E-state index contributed by atoms with van der Waals surface area (Å²) >= 11 is 0. The van der Waals surface area contributed by atoms with E-state index in [4.69, 9.17) is 10.5 Å². The number of hydrogen-bond acceptors (Lipinski definition) is 5. The number of carbonyl (C=O) groups excluding carboxylic acids is 1. The van der Waals surface area contributed by atoms with Gasteiger partial charge in [-0.05, 0) is 34.9 Å². The van der Waals surface area contributed by atoms with Gasteiger partial charge in [-0.3, -0.25) is 9.59 Å². The molecule has 2 aromatic heterocycles. The molecule has 0 fully saturated rings. The number of halogens is 4. The molecule has 0 unspecified atom stereocenters. The van der Waals surface area contributed by atoms with Crippen molar-refractivity contribution in [3.8, 4) is 28.0 Å². The molecule has 2 aromatic carbocycles. The minimum Gasteiger partial charge on any atom is -0.496 e. The number of pyridine rings is 2. The highest BCUT2D eigenvalue weighted by molar-refractivity contribution is 5.98. The van der Waals surface area contributed by atoms with E-state index in [9.17, 15) is 27.2 Å². The number of carbonyl (C=O) groups is 1. The van der Waals surface area contributed by atoms with Crippen LogP contribution in [-0.2, 0) is 13.0 Å². The summed E-state index contributed by atoms with van der Waals surface area (Å²) in [5, 5.41) is 0. The third-order valence-corrected chi connectivity index (χ3v) is 5.67. The predicted octanol–water partition coefficient (Wildman–Crippen LogP) is 5.29. The first-order chi connectivity index (χ1) is 17.6. The van der Waals surface area contributed by atoms with Crippen LogP contribution in [0, 0.1) is 5.82 Å². The monoisotopic (exact) mass is 511 g/mol. The van der Waals surface area contributed by atoms with Gasteiger partial charge in [0.2, 0.25) is 0 Å². The third-order valence-electron chi connectivity index (χ3n) is 5.67. The summed E-state index contributed by atoms with van der Waals surface area (Å²) in [6.45, 7) is -1.40. The van der Waals surface area contributed by atoms with Crippen LogP contribution in [-0.4, -0.2) is 28.6 Å². The van der Waals surface area contributed by atoms with Crippen molar-refractivity contribution in [2.24, 2.45) is 0 Å². The smallest absolute Gasteiger partial charge is 0.406 e. The molecule has 4 aromatic rings. The molecule has 0 bridgehead atoms. The van der Waals surface area contributed by atoms with E-state index in [0.29, 0.717) is 22.4 Å². The Morgan fingerprint density at radius 1 is 1.00 bits per heavy atom. The Hall–Kier alpha value is -4.47. The number of alkyl halides is 3. The van der Waals surface area contributed by atoms with Gasteiger partial charge in [0.15, 0.2) is 11.2 Å². The molecule has 37 heavy (non-hydrogen) atoms.